The predicted molar refractivity (Wildman–Crippen MR) is 111 cm³/mol. The maximum atomic E-state index is 4.91. The normalized spacial score (nSPS) is 10.8. The Morgan fingerprint density at radius 3 is 1.88 bits per heavy atom. The summed E-state index contributed by atoms with van der Waals surface area (Å²) in [7, 11) is 0. The van der Waals surface area contributed by atoms with Gasteiger partial charge in [-0.1, -0.05) is 91.0 Å². The van der Waals surface area contributed by atoms with Gasteiger partial charge in [0, 0.05) is 16.9 Å². The van der Waals surface area contributed by atoms with E-state index in [9.17, 15) is 0 Å². The van der Waals surface area contributed by atoms with Crippen LogP contribution in [-0.2, 0) is 5.75 Å². The molecule has 128 valence electrons. The van der Waals surface area contributed by atoms with Gasteiger partial charge in [0.15, 0.2) is 0 Å². The monoisotopic (exact) mass is 356 g/mol. The van der Waals surface area contributed by atoms with Crippen LogP contribution in [0.5, 0.6) is 0 Å². The van der Waals surface area contributed by atoms with Gasteiger partial charge in [0.05, 0.1) is 11.4 Å². The fourth-order valence-electron chi connectivity index (χ4n) is 3.04. The van der Waals surface area contributed by atoms with Crippen LogP contribution >= 0.6 is 11.9 Å². The molecule has 2 nitrogen and oxygen atoms in total. The highest BCUT2D eigenvalue weighted by molar-refractivity contribution is 7.97. The van der Waals surface area contributed by atoms with Crippen molar-refractivity contribution >= 4 is 11.9 Å². The van der Waals surface area contributed by atoms with Crippen LogP contribution in [0.1, 0.15) is 11.4 Å². The minimum atomic E-state index is 0.909. The third kappa shape index (κ3) is 3.44. The SMILES string of the molecule is Cc1nc(-c2ccccc2)c(-c2ccccc2)n1SCc1ccccc1. The Kier molecular flexibility index (Phi) is 4.89. The Hall–Kier alpha value is -2.78. The molecule has 0 N–H and O–H groups in total. The number of hydrogen-bond donors (Lipinski definition) is 0. The molecule has 0 saturated heterocycles. The third-order valence-electron chi connectivity index (χ3n) is 4.29. The van der Waals surface area contributed by atoms with E-state index in [0.717, 1.165) is 28.5 Å². The summed E-state index contributed by atoms with van der Waals surface area (Å²) in [5.74, 6) is 1.93. The molecule has 0 atom stereocenters. The molecule has 1 aromatic heterocycles. The smallest absolute Gasteiger partial charge is 0.116 e. The maximum absolute atomic E-state index is 4.91. The fraction of sp³-hybridized carbons (Fsp3) is 0.0870. The summed E-state index contributed by atoms with van der Waals surface area (Å²) in [4.78, 5) is 4.91. The largest absolute Gasteiger partial charge is 0.269 e. The molecule has 4 rings (SSSR count). The van der Waals surface area contributed by atoms with Crippen LogP contribution in [-0.4, -0.2) is 8.96 Å². The molecular formula is C23H20N2S. The molecule has 1 heterocycles. The highest BCUT2D eigenvalue weighted by Gasteiger charge is 2.18. The van der Waals surface area contributed by atoms with E-state index in [-0.39, 0.29) is 0 Å². The van der Waals surface area contributed by atoms with E-state index in [2.05, 4.69) is 95.8 Å². The standard InChI is InChI=1S/C23H20N2S/c1-18-24-22(20-13-7-3-8-14-20)23(21-15-9-4-10-16-21)25(18)26-17-19-11-5-2-6-12-19/h2-16H,17H2,1H3. The molecule has 0 aliphatic carbocycles. The summed E-state index contributed by atoms with van der Waals surface area (Å²) in [6.45, 7) is 2.08. The molecule has 4 aromatic rings. The number of aryl methyl sites for hydroxylation is 1. The summed E-state index contributed by atoms with van der Waals surface area (Å²) in [6.07, 6.45) is 0. The van der Waals surface area contributed by atoms with Crippen LogP contribution in [0.4, 0.5) is 0 Å². The van der Waals surface area contributed by atoms with Crippen molar-refractivity contribution in [2.24, 2.45) is 0 Å². The number of hydrogen-bond acceptors (Lipinski definition) is 2. The number of benzene rings is 3. The summed E-state index contributed by atoms with van der Waals surface area (Å²) >= 11 is 1.79. The van der Waals surface area contributed by atoms with Gasteiger partial charge < -0.3 is 0 Å². The van der Waals surface area contributed by atoms with Crippen molar-refractivity contribution in [3.63, 3.8) is 0 Å². The molecule has 0 aliphatic heterocycles. The second-order valence-electron chi connectivity index (χ2n) is 6.14. The molecule has 0 fully saturated rings. The quantitative estimate of drug-likeness (QED) is 0.422. The number of aromatic nitrogens is 2. The van der Waals surface area contributed by atoms with Crippen molar-refractivity contribution in [1.82, 2.24) is 8.96 Å². The van der Waals surface area contributed by atoms with Gasteiger partial charge in [-0.2, -0.15) is 0 Å². The molecule has 0 bridgehead atoms. The zero-order chi connectivity index (χ0) is 17.8. The summed E-state index contributed by atoms with van der Waals surface area (Å²) in [5, 5.41) is 0. The molecule has 0 radical (unpaired) electrons. The van der Waals surface area contributed by atoms with Gasteiger partial charge in [-0.15, -0.1) is 0 Å². The molecule has 0 saturated carbocycles. The molecule has 3 aromatic carbocycles. The van der Waals surface area contributed by atoms with Crippen LogP contribution in [0.25, 0.3) is 22.5 Å². The van der Waals surface area contributed by atoms with Gasteiger partial charge >= 0.3 is 0 Å². The van der Waals surface area contributed by atoms with Crippen LogP contribution < -0.4 is 0 Å². The van der Waals surface area contributed by atoms with Crippen molar-refractivity contribution in [3.05, 3.63) is 102 Å². The Bertz CT molecular complexity index is 977. The lowest BCUT2D eigenvalue weighted by Crippen LogP contribution is -1.95. The first-order valence-electron chi connectivity index (χ1n) is 8.70. The lowest BCUT2D eigenvalue weighted by Gasteiger charge is -2.11. The molecule has 26 heavy (non-hydrogen) atoms. The number of rotatable bonds is 5. The third-order valence-corrected chi connectivity index (χ3v) is 5.46. The molecule has 0 aliphatic rings. The average Bonchev–Trinajstić information content (AvgIpc) is 3.05. The Labute approximate surface area is 158 Å². The second kappa shape index (κ2) is 7.63. The van der Waals surface area contributed by atoms with Crippen LogP contribution in [0.15, 0.2) is 91.0 Å². The molecular weight excluding hydrogens is 336 g/mol. The van der Waals surface area contributed by atoms with E-state index >= 15 is 0 Å². The zero-order valence-electron chi connectivity index (χ0n) is 14.7. The summed E-state index contributed by atoms with van der Waals surface area (Å²) in [5.41, 5.74) is 5.84. The second-order valence-corrected chi connectivity index (χ2v) is 7.05. The number of nitrogens with zero attached hydrogens (tertiary/aromatic N) is 2. The molecule has 3 heteroatoms. The van der Waals surface area contributed by atoms with Crippen molar-refractivity contribution in [2.45, 2.75) is 12.7 Å². The highest BCUT2D eigenvalue weighted by Crippen LogP contribution is 2.36. The van der Waals surface area contributed by atoms with E-state index in [1.807, 2.05) is 6.07 Å². The minimum absolute atomic E-state index is 0.909. The van der Waals surface area contributed by atoms with Gasteiger partial charge in [-0.25, -0.2) is 4.98 Å². The minimum Gasteiger partial charge on any atom is -0.269 e. The van der Waals surface area contributed by atoms with E-state index < -0.39 is 0 Å². The van der Waals surface area contributed by atoms with Crippen LogP contribution in [0.2, 0.25) is 0 Å². The number of imidazole rings is 1. The van der Waals surface area contributed by atoms with Gasteiger partial charge in [0.1, 0.15) is 5.82 Å². The van der Waals surface area contributed by atoms with E-state index in [4.69, 9.17) is 4.98 Å². The van der Waals surface area contributed by atoms with Crippen molar-refractivity contribution < 1.29 is 0 Å². The zero-order valence-corrected chi connectivity index (χ0v) is 15.5. The molecule has 0 spiro atoms. The Balaban J connectivity index is 1.79. The average molecular weight is 356 g/mol. The maximum Gasteiger partial charge on any atom is 0.116 e. The van der Waals surface area contributed by atoms with Crippen molar-refractivity contribution in [3.8, 4) is 22.5 Å². The Morgan fingerprint density at radius 2 is 1.27 bits per heavy atom. The first kappa shape index (κ1) is 16.7. The summed E-state index contributed by atoms with van der Waals surface area (Å²) in [6, 6.07) is 31.5. The van der Waals surface area contributed by atoms with Gasteiger partial charge in [-0.05, 0) is 24.4 Å². The van der Waals surface area contributed by atoms with Crippen molar-refractivity contribution in [2.75, 3.05) is 0 Å². The topological polar surface area (TPSA) is 17.8 Å². The Morgan fingerprint density at radius 1 is 0.731 bits per heavy atom. The van der Waals surface area contributed by atoms with E-state index in [1.54, 1.807) is 11.9 Å². The van der Waals surface area contributed by atoms with Crippen LogP contribution in [0, 0.1) is 6.92 Å². The van der Waals surface area contributed by atoms with Gasteiger partial charge in [0.2, 0.25) is 0 Å². The fourth-order valence-corrected chi connectivity index (χ4v) is 4.06. The molecule has 0 unspecified atom stereocenters. The van der Waals surface area contributed by atoms with Gasteiger partial charge in [0.25, 0.3) is 0 Å². The lowest BCUT2D eigenvalue weighted by molar-refractivity contribution is 1.09. The van der Waals surface area contributed by atoms with E-state index in [0.29, 0.717) is 0 Å². The predicted octanol–water partition coefficient (Wildman–Crippen LogP) is 6.22. The first-order valence-corrected chi connectivity index (χ1v) is 9.64. The van der Waals surface area contributed by atoms with Crippen LogP contribution in [0.3, 0.4) is 0 Å². The van der Waals surface area contributed by atoms with Gasteiger partial charge in [-0.3, -0.25) is 3.97 Å². The first-order chi connectivity index (χ1) is 12.8. The lowest BCUT2D eigenvalue weighted by atomic mass is 10.1. The summed E-state index contributed by atoms with van der Waals surface area (Å²) < 4.78 is 2.27. The van der Waals surface area contributed by atoms with Crippen molar-refractivity contribution in [1.29, 1.82) is 0 Å². The molecule has 0 amide bonds. The van der Waals surface area contributed by atoms with E-state index in [1.165, 1.54) is 11.1 Å². The highest BCUT2D eigenvalue weighted by atomic mass is 32.2.